The molecule has 4 nitrogen and oxygen atoms in total. The molecule has 104 valence electrons. The molecule has 0 aliphatic heterocycles. The standard InChI is InChI=1S/C14H14F2N4/c1-9-7-8-11(15)13(12(9)16)19-14(20-17)18-10-5-3-2-4-6-10/h2-8H,17H2,1H3,(H2,18,19,20). The minimum atomic E-state index is -0.754. The number of nitrogens with one attached hydrogen (secondary N) is 2. The van der Waals surface area contributed by atoms with Gasteiger partial charge in [-0.25, -0.2) is 19.6 Å². The Bertz CT molecular complexity index is 627. The third kappa shape index (κ3) is 3.10. The zero-order valence-electron chi connectivity index (χ0n) is 10.8. The van der Waals surface area contributed by atoms with Crippen LogP contribution in [0, 0.1) is 18.6 Å². The highest BCUT2D eigenvalue weighted by molar-refractivity contribution is 5.94. The van der Waals surface area contributed by atoms with Crippen molar-refractivity contribution in [1.82, 2.24) is 5.43 Å². The maximum Gasteiger partial charge on any atom is 0.215 e. The summed E-state index contributed by atoms with van der Waals surface area (Å²) in [5, 5.41) is 2.83. The van der Waals surface area contributed by atoms with Gasteiger partial charge in [-0.2, -0.15) is 0 Å². The van der Waals surface area contributed by atoms with E-state index in [2.05, 4.69) is 15.7 Å². The number of hydrazine groups is 1. The number of benzene rings is 2. The molecule has 0 unspecified atom stereocenters. The lowest BCUT2D eigenvalue weighted by molar-refractivity contribution is 0.581. The highest BCUT2D eigenvalue weighted by atomic mass is 19.1. The summed E-state index contributed by atoms with van der Waals surface area (Å²) in [5.41, 5.74) is 2.89. The number of nitrogens with zero attached hydrogens (tertiary/aromatic N) is 1. The first-order valence-corrected chi connectivity index (χ1v) is 5.94. The molecule has 0 fully saturated rings. The van der Waals surface area contributed by atoms with Crippen LogP contribution in [0.3, 0.4) is 0 Å². The fourth-order valence-electron chi connectivity index (χ4n) is 1.61. The Morgan fingerprint density at radius 3 is 2.45 bits per heavy atom. The van der Waals surface area contributed by atoms with Crippen LogP contribution in [-0.4, -0.2) is 5.96 Å². The summed E-state index contributed by atoms with van der Waals surface area (Å²) in [6, 6.07) is 11.5. The van der Waals surface area contributed by atoms with E-state index in [-0.39, 0.29) is 11.6 Å². The number of halogens is 2. The number of aliphatic imine (C=N–C) groups is 1. The topological polar surface area (TPSA) is 62.4 Å². The van der Waals surface area contributed by atoms with Crippen molar-refractivity contribution >= 4 is 17.3 Å². The van der Waals surface area contributed by atoms with Crippen LogP contribution in [0.15, 0.2) is 47.5 Å². The SMILES string of the molecule is Cc1ccc(F)c(N=C(NN)Nc2ccccc2)c1F. The van der Waals surface area contributed by atoms with Crippen molar-refractivity contribution in [3.63, 3.8) is 0 Å². The van der Waals surface area contributed by atoms with Crippen LogP contribution < -0.4 is 16.6 Å². The molecule has 0 heterocycles. The number of anilines is 1. The average molecular weight is 276 g/mol. The van der Waals surface area contributed by atoms with Gasteiger partial charge in [0.15, 0.2) is 11.6 Å². The quantitative estimate of drug-likeness (QED) is 0.342. The largest absolute Gasteiger partial charge is 0.325 e. The monoisotopic (exact) mass is 276 g/mol. The van der Waals surface area contributed by atoms with E-state index in [9.17, 15) is 8.78 Å². The first-order valence-electron chi connectivity index (χ1n) is 5.94. The number of para-hydroxylation sites is 1. The van der Waals surface area contributed by atoms with E-state index in [1.54, 1.807) is 12.1 Å². The lowest BCUT2D eigenvalue weighted by Crippen LogP contribution is -2.36. The van der Waals surface area contributed by atoms with Crippen LogP contribution in [0.1, 0.15) is 5.56 Å². The predicted molar refractivity (Wildman–Crippen MR) is 75.6 cm³/mol. The normalized spacial score (nSPS) is 11.3. The maximum absolute atomic E-state index is 13.9. The molecule has 0 spiro atoms. The summed E-state index contributed by atoms with van der Waals surface area (Å²) in [4.78, 5) is 3.85. The molecule has 0 radical (unpaired) electrons. The van der Waals surface area contributed by atoms with Crippen molar-refractivity contribution in [2.24, 2.45) is 10.8 Å². The van der Waals surface area contributed by atoms with E-state index >= 15 is 0 Å². The van der Waals surface area contributed by atoms with E-state index in [4.69, 9.17) is 5.84 Å². The van der Waals surface area contributed by atoms with Gasteiger partial charge < -0.3 is 5.32 Å². The summed E-state index contributed by atoms with van der Waals surface area (Å²) in [7, 11) is 0. The van der Waals surface area contributed by atoms with Gasteiger partial charge in [0, 0.05) is 5.69 Å². The van der Waals surface area contributed by atoms with Crippen LogP contribution >= 0.6 is 0 Å². The van der Waals surface area contributed by atoms with E-state index < -0.39 is 11.6 Å². The molecule has 0 aromatic heterocycles. The molecule has 6 heteroatoms. The van der Waals surface area contributed by atoms with Crippen LogP contribution in [0.4, 0.5) is 20.2 Å². The fourth-order valence-corrected chi connectivity index (χ4v) is 1.61. The van der Waals surface area contributed by atoms with Crippen molar-refractivity contribution in [2.75, 3.05) is 5.32 Å². The molecule has 2 aromatic rings. The smallest absolute Gasteiger partial charge is 0.215 e. The summed E-state index contributed by atoms with van der Waals surface area (Å²) >= 11 is 0. The Labute approximate surface area is 115 Å². The number of rotatable bonds is 2. The Morgan fingerprint density at radius 2 is 1.80 bits per heavy atom. The molecule has 0 aliphatic rings. The van der Waals surface area contributed by atoms with Gasteiger partial charge in [-0.3, -0.25) is 5.43 Å². The molecule has 0 aliphatic carbocycles. The van der Waals surface area contributed by atoms with Gasteiger partial charge >= 0.3 is 0 Å². The van der Waals surface area contributed by atoms with Crippen LogP contribution in [0.5, 0.6) is 0 Å². The van der Waals surface area contributed by atoms with Gasteiger partial charge in [-0.1, -0.05) is 24.3 Å². The Morgan fingerprint density at radius 1 is 1.10 bits per heavy atom. The minimum absolute atomic E-state index is 0.0413. The first-order chi connectivity index (χ1) is 9.61. The van der Waals surface area contributed by atoms with Crippen molar-refractivity contribution in [1.29, 1.82) is 0 Å². The lowest BCUT2D eigenvalue weighted by atomic mass is 10.2. The Hall–Kier alpha value is -2.47. The van der Waals surface area contributed by atoms with Crippen molar-refractivity contribution in [3.8, 4) is 0 Å². The van der Waals surface area contributed by atoms with E-state index in [0.717, 1.165) is 6.07 Å². The lowest BCUT2D eigenvalue weighted by Gasteiger charge is -2.10. The molecular weight excluding hydrogens is 262 g/mol. The van der Waals surface area contributed by atoms with Gasteiger partial charge in [0.25, 0.3) is 0 Å². The number of hydrogen-bond acceptors (Lipinski definition) is 2. The van der Waals surface area contributed by atoms with Crippen molar-refractivity contribution < 1.29 is 8.78 Å². The second-order valence-electron chi connectivity index (χ2n) is 4.12. The van der Waals surface area contributed by atoms with E-state index in [1.165, 1.54) is 13.0 Å². The molecule has 20 heavy (non-hydrogen) atoms. The van der Waals surface area contributed by atoms with Gasteiger partial charge in [0.05, 0.1) is 0 Å². The second kappa shape index (κ2) is 6.12. The maximum atomic E-state index is 13.9. The molecule has 2 aromatic carbocycles. The van der Waals surface area contributed by atoms with Crippen molar-refractivity contribution in [2.45, 2.75) is 6.92 Å². The number of guanidine groups is 1. The Kier molecular flexibility index (Phi) is 4.27. The summed E-state index contributed by atoms with van der Waals surface area (Å²) in [6.07, 6.45) is 0. The van der Waals surface area contributed by atoms with Gasteiger partial charge in [-0.05, 0) is 30.7 Å². The Balaban J connectivity index is 2.34. The van der Waals surface area contributed by atoms with Gasteiger partial charge in [0.1, 0.15) is 5.69 Å². The predicted octanol–water partition coefficient (Wildman–Crippen LogP) is 2.84. The highest BCUT2D eigenvalue weighted by Gasteiger charge is 2.11. The molecule has 0 saturated carbocycles. The van der Waals surface area contributed by atoms with E-state index in [1.807, 2.05) is 18.2 Å². The molecular formula is C14H14F2N4. The molecule has 0 bridgehead atoms. The highest BCUT2D eigenvalue weighted by Crippen LogP contribution is 2.24. The van der Waals surface area contributed by atoms with Gasteiger partial charge in [0.2, 0.25) is 5.96 Å². The molecule has 0 atom stereocenters. The number of hydrogen-bond donors (Lipinski definition) is 3. The van der Waals surface area contributed by atoms with E-state index in [0.29, 0.717) is 11.3 Å². The van der Waals surface area contributed by atoms with Gasteiger partial charge in [-0.15, -0.1) is 0 Å². The summed E-state index contributed by atoms with van der Waals surface area (Å²) in [5.74, 6) is 3.89. The fraction of sp³-hybridized carbons (Fsp3) is 0.0714. The zero-order valence-corrected chi connectivity index (χ0v) is 10.8. The molecule has 2 rings (SSSR count). The van der Waals surface area contributed by atoms with Crippen LogP contribution in [-0.2, 0) is 0 Å². The van der Waals surface area contributed by atoms with Crippen LogP contribution in [0.2, 0.25) is 0 Å². The average Bonchev–Trinajstić information content (AvgIpc) is 2.47. The van der Waals surface area contributed by atoms with Crippen LogP contribution in [0.25, 0.3) is 0 Å². The molecule has 0 amide bonds. The summed E-state index contributed by atoms with van der Waals surface area (Å²) < 4.78 is 27.5. The van der Waals surface area contributed by atoms with Crippen molar-refractivity contribution in [3.05, 3.63) is 59.7 Å². The zero-order chi connectivity index (χ0) is 14.5. The number of nitrogens with two attached hydrogens (primary N) is 1. The third-order valence-corrected chi connectivity index (χ3v) is 2.66. The minimum Gasteiger partial charge on any atom is -0.325 e. The second-order valence-corrected chi connectivity index (χ2v) is 4.12. The third-order valence-electron chi connectivity index (χ3n) is 2.66. The molecule has 4 N–H and O–H groups in total. The first kappa shape index (κ1) is 14.0. The molecule has 0 saturated heterocycles. The number of aryl methyl sites for hydroxylation is 1. The summed E-state index contributed by atoms with van der Waals surface area (Å²) in [6.45, 7) is 1.54.